The van der Waals surface area contributed by atoms with Crippen LogP contribution in [0.15, 0.2) is 84.0 Å². The molecule has 2 saturated heterocycles. The second kappa shape index (κ2) is 17.4. The third kappa shape index (κ3) is 9.38. The molecule has 0 bridgehead atoms. The summed E-state index contributed by atoms with van der Waals surface area (Å²) in [6.45, 7) is 4.83. The van der Waals surface area contributed by atoms with Crippen molar-refractivity contribution >= 4 is 23.6 Å². The standard InChI is InChI=1S/C39H45ClN2O11/c1-21(12-13-49-29-10-9-25(15-26(29)40)19-41-18-23-6-4-3-5-7-23)36-28(44)17-31(53-36)52-30-11-8-24(16-27(30)43)14-22(2)39(48)42-32-33(45)35(47)38-37(34(32)46)50-20-51-38/h3-12,14-16,28,31-38,41,43-47H,13,17-20H2,1-2H3,(H,42,48)/b21-12+,22-14+/t28?,31-,32-,33+,34+,35-,36?,37+,38-/m1/s1. The smallest absolute Gasteiger partial charge is 0.247 e. The first-order chi connectivity index (χ1) is 25.5. The van der Waals surface area contributed by atoms with E-state index in [4.69, 9.17) is 35.3 Å². The minimum atomic E-state index is -1.48. The van der Waals surface area contributed by atoms with Crippen LogP contribution >= 0.6 is 11.6 Å². The monoisotopic (exact) mass is 752 g/mol. The van der Waals surface area contributed by atoms with Crippen LogP contribution in [-0.4, -0.2) is 99.9 Å². The number of carbonyl (C=O) groups excluding carboxylic acids is 1. The van der Waals surface area contributed by atoms with Crippen LogP contribution in [0.2, 0.25) is 5.02 Å². The van der Waals surface area contributed by atoms with E-state index in [1.165, 1.54) is 30.7 Å². The van der Waals surface area contributed by atoms with E-state index in [1.54, 1.807) is 6.07 Å². The summed E-state index contributed by atoms with van der Waals surface area (Å²) in [6, 6.07) is 19.1. The summed E-state index contributed by atoms with van der Waals surface area (Å²) in [5, 5.41) is 59.4. The number of hydrogen-bond donors (Lipinski definition) is 7. The van der Waals surface area contributed by atoms with E-state index >= 15 is 0 Å². The first-order valence-electron chi connectivity index (χ1n) is 17.4. The molecule has 3 fully saturated rings. The second-order valence-corrected chi connectivity index (χ2v) is 13.8. The average Bonchev–Trinajstić information content (AvgIpc) is 3.78. The summed E-state index contributed by atoms with van der Waals surface area (Å²) in [5.41, 5.74) is 3.65. The van der Waals surface area contributed by atoms with E-state index in [-0.39, 0.29) is 36.9 Å². The average molecular weight is 753 g/mol. The van der Waals surface area contributed by atoms with Crippen molar-refractivity contribution < 1.29 is 54.0 Å². The van der Waals surface area contributed by atoms with Gasteiger partial charge >= 0.3 is 0 Å². The van der Waals surface area contributed by atoms with Gasteiger partial charge in [0, 0.05) is 25.1 Å². The Labute approximate surface area is 312 Å². The highest BCUT2D eigenvalue weighted by Gasteiger charge is 2.53. The zero-order valence-corrected chi connectivity index (χ0v) is 30.1. The number of hydrogen-bond acceptors (Lipinski definition) is 12. The van der Waals surface area contributed by atoms with E-state index in [2.05, 4.69) is 22.8 Å². The third-order valence-electron chi connectivity index (χ3n) is 9.56. The first-order valence-corrected chi connectivity index (χ1v) is 17.8. The fourth-order valence-electron chi connectivity index (χ4n) is 6.62. The molecule has 53 heavy (non-hydrogen) atoms. The lowest BCUT2D eigenvalue weighted by molar-refractivity contribution is -0.155. The van der Waals surface area contributed by atoms with Crippen molar-refractivity contribution in [2.45, 2.75) is 88.4 Å². The molecule has 3 aliphatic rings. The van der Waals surface area contributed by atoms with Crippen LogP contribution < -0.4 is 20.1 Å². The molecular formula is C39H45ClN2O11. The van der Waals surface area contributed by atoms with E-state index in [1.807, 2.05) is 49.4 Å². The van der Waals surface area contributed by atoms with E-state index in [0.29, 0.717) is 22.9 Å². The molecule has 6 rings (SSSR count). The number of nitrogens with one attached hydrogen (secondary N) is 2. The van der Waals surface area contributed by atoms with Crippen molar-refractivity contribution in [2.75, 3.05) is 13.4 Å². The molecule has 0 radical (unpaired) electrons. The van der Waals surface area contributed by atoms with Crippen LogP contribution in [-0.2, 0) is 32.1 Å². The fraction of sp³-hybridized carbons (Fsp3) is 0.410. The Balaban J connectivity index is 0.974. The predicted molar refractivity (Wildman–Crippen MR) is 194 cm³/mol. The lowest BCUT2D eigenvalue weighted by atomic mass is 9.83. The number of aliphatic hydroxyl groups is 4. The quantitative estimate of drug-likeness (QED) is 0.100. The Morgan fingerprint density at radius 2 is 1.62 bits per heavy atom. The van der Waals surface area contributed by atoms with Gasteiger partial charge in [0.15, 0.2) is 11.5 Å². The highest BCUT2D eigenvalue weighted by Crippen LogP contribution is 2.34. The Kier molecular flexibility index (Phi) is 12.7. The van der Waals surface area contributed by atoms with Gasteiger partial charge in [0.2, 0.25) is 12.2 Å². The van der Waals surface area contributed by atoms with Gasteiger partial charge in [-0.25, -0.2) is 0 Å². The summed E-state index contributed by atoms with van der Waals surface area (Å²) in [5.74, 6) is -0.157. The molecular weight excluding hydrogens is 708 g/mol. The van der Waals surface area contributed by atoms with Crippen LogP contribution in [0.1, 0.15) is 37.0 Å². The van der Waals surface area contributed by atoms with Gasteiger partial charge in [-0.2, -0.15) is 0 Å². The number of rotatable bonds is 13. The number of amides is 1. The van der Waals surface area contributed by atoms with Crippen LogP contribution in [0, 0.1) is 0 Å². The molecule has 2 unspecified atom stereocenters. The molecule has 0 aromatic heterocycles. The largest absolute Gasteiger partial charge is 0.504 e. The number of ether oxygens (including phenoxy) is 5. The van der Waals surface area contributed by atoms with E-state index in [0.717, 1.165) is 17.7 Å². The van der Waals surface area contributed by atoms with Crippen molar-refractivity contribution in [3.63, 3.8) is 0 Å². The maximum atomic E-state index is 12.9. The third-order valence-corrected chi connectivity index (χ3v) is 9.85. The minimum absolute atomic E-state index is 0.121. The number of carbonyl (C=O) groups is 1. The molecule has 7 N–H and O–H groups in total. The molecule has 1 aliphatic carbocycles. The van der Waals surface area contributed by atoms with Gasteiger partial charge in [-0.05, 0) is 72.5 Å². The molecule has 284 valence electrons. The summed E-state index contributed by atoms with van der Waals surface area (Å²) in [7, 11) is 0. The summed E-state index contributed by atoms with van der Waals surface area (Å²) < 4.78 is 28.3. The zero-order valence-electron chi connectivity index (χ0n) is 29.3. The number of aromatic hydroxyl groups is 1. The highest BCUT2D eigenvalue weighted by atomic mass is 35.5. The summed E-state index contributed by atoms with van der Waals surface area (Å²) in [6.07, 6.45) is -4.79. The number of benzene rings is 3. The Hall–Kier alpha value is -4.02. The number of fused-ring (bicyclic) bond motifs is 1. The second-order valence-electron chi connectivity index (χ2n) is 13.4. The SMILES string of the molecule is C/C(=C\c1ccc(O[C@H]2CC(O)C(/C(C)=C/COc3ccc(CNCc4ccccc4)cc3Cl)O2)c(O)c1)C(=O)N[C@@H]1[C@H](O)[C@@H](O)[C@H]2OCO[C@H]2[C@H]1O. The lowest BCUT2D eigenvalue weighted by Crippen LogP contribution is -2.67. The van der Waals surface area contributed by atoms with Crippen molar-refractivity contribution in [1.29, 1.82) is 0 Å². The summed E-state index contributed by atoms with van der Waals surface area (Å²) >= 11 is 6.49. The molecule has 3 aromatic carbocycles. The molecule has 13 nitrogen and oxygen atoms in total. The fourth-order valence-corrected chi connectivity index (χ4v) is 6.87. The van der Waals surface area contributed by atoms with Crippen molar-refractivity contribution in [1.82, 2.24) is 10.6 Å². The first kappa shape index (κ1) is 38.7. The molecule has 1 saturated carbocycles. The van der Waals surface area contributed by atoms with Gasteiger partial charge < -0.3 is 59.9 Å². The maximum absolute atomic E-state index is 12.9. The molecule has 9 atom stereocenters. The van der Waals surface area contributed by atoms with Crippen LogP contribution in [0.3, 0.4) is 0 Å². The van der Waals surface area contributed by atoms with Crippen molar-refractivity contribution in [3.05, 3.63) is 106 Å². The minimum Gasteiger partial charge on any atom is -0.504 e. The van der Waals surface area contributed by atoms with Crippen LogP contribution in [0.4, 0.5) is 0 Å². The predicted octanol–water partition coefficient (Wildman–Crippen LogP) is 2.94. The molecule has 2 heterocycles. The molecule has 3 aromatic rings. The number of phenols is 1. The van der Waals surface area contributed by atoms with Gasteiger partial charge in [-0.1, -0.05) is 54.1 Å². The summed E-state index contributed by atoms with van der Waals surface area (Å²) in [4.78, 5) is 12.9. The molecule has 14 heteroatoms. The number of aliphatic hydroxyl groups excluding tert-OH is 4. The van der Waals surface area contributed by atoms with Gasteiger partial charge in [0.1, 0.15) is 55.8 Å². The highest BCUT2D eigenvalue weighted by molar-refractivity contribution is 6.32. The number of halogens is 1. The van der Waals surface area contributed by atoms with Crippen LogP contribution in [0.5, 0.6) is 17.2 Å². The Bertz CT molecular complexity index is 1790. The van der Waals surface area contributed by atoms with Crippen molar-refractivity contribution in [2.24, 2.45) is 0 Å². The van der Waals surface area contributed by atoms with Crippen LogP contribution in [0.25, 0.3) is 6.08 Å². The van der Waals surface area contributed by atoms with Gasteiger partial charge in [-0.15, -0.1) is 0 Å². The van der Waals surface area contributed by atoms with Gasteiger partial charge in [0.25, 0.3) is 0 Å². The zero-order chi connectivity index (χ0) is 37.6. The van der Waals surface area contributed by atoms with E-state index < -0.39 is 61.0 Å². The van der Waals surface area contributed by atoms with E-state index in [9.17, 15) is 30.3 Å². The topological polar surface area (TPSA) is 188 Å². The van der Waals surface area contributed by atoms with Gasteiger partial charge in [0.05, 0.1) is 17.2 Å². The Morgan fingerprint density at radius 3 is 2.36 bits per heavy atom. The van der Waals surface area contributed by atoms with Crippen molar-refractivity contribution in [3.8, 4) is 17.2 Å². The molecule has 1 amide bonds. The maximum Gasteiger partial charge on any atom is 0.247 e. The normalized spacial score (nSPS) is 28.8. The Morgan fingerprint density at radius 1 is 0.906 bits per heavy atom. The molecule has 0 spiro atoms. The van der Waals surface area contributed by atoms with Gasteiger partial charge in [-0.3, -0.25) is 4.79 Å². The molecule has 2 aliphatic heterocycles. The number of phenolic OH excluding ortho intramolecular Hbond substituents is 1. The lowest BCUT2D eigenvalue weighted by Gasteiger charge is -2.41.